The van der Waals surface area contributed by atoms with E-state index < -0.39 is 60.7 Å². The topological polar surface area (TPSA) is 260 Å². The molecule has 9 aliphatic rings. The van der Waals surface area contributed by atoms with E-state index in [1.165, 1.54) is 123 Å². The Kier molecular flexibility index (Phi) is 41.7. The van der Waals surface area contributed by atoms with Crippen LogP contribution in [0.15, 0.2) is 154 Å². The Morgan fingerprint density at radius 1 is 0.289 bits per heavy atom. The molecule has 0 N–H and O–H groups in total. The Labute approximate surface area is 854 Å². The molecule has 0 unspecified atom stereocenters. The predicted octanol–water partition coefficient (Wildman–Crippen LogP) is 14.3. The molecule has 6 aliphatic heterocycles. The molecule has 6 aromatic rings. The molecular formula is C106H168FN17O12S6. The number of hydrogen-bond acceptors (Lipinski definition) is 20. The highest BCUT2D eigenvalue weighted by molar-refractivity contribution is 7.90. The van der Waals surface area contributed by atoms with Crippen LogP contribution in [0, 0.1) is 55.2 Å². The molecule has 0 radical (unpaired) electrons. The number of fused-ring (bicyclic) bond motifs is 1. The second kappa shape index (κ2) is 52.6. The summed E-state index contributed by atoms with van der Waals surface area (Å²) in [6, 6.07) is 42.2. The van der Waals surface area contributed by atoms with Crippen LogP contribution in [0.25, 0.3) is 0 Å². The molecule has 0 aromatic heterocycles. The third-order valence-corrected chi connectivity index (χ3v) is 42.1. The molecule has 5 saturated heterocycles. The molecule has 0 bridgehead atoms. The zero-order valence-corrected chi connectivity index (χ0v) is 91.9. The van der Waals surface area contributed by atoms with Gasteiger partial charge in [-0.15, -0.1) is 0 Å². The largest absolute Gasteiger partial charge is 0.378 e. The van der Waals surface area contributed by atoms with Gasteiger partial charge in [-0.05, 0) is 280 Å². The number of halogens is 1. The van der Waals surface area contributed by atoms with Crippen molar-refractivity contribution < 1.29 is 54.9 Å². The Morgan fingerprint density at radius 2 is 0.585 bits per heavy atom. The molecule has 3 atom stereocenters. The summed E-state index contributed by atoms with van der Waals surface area (Å²) in [5, 5.41) is 0. The van der Waals surface area contributed by atoms with Crippen molar-refractivity contribution in [3.63, 3.8) is 0 Å². The van der Waals surface area contributed by atoms with Crippen LogP contribution < -0.4 is 24.5 Å². The van der Waals surface area contributed by atoms with Gasteiger partial charge in [0.2, 0.25) is 30.1 Å². The number of sulfonamides is 3. The summed E-state index contributed by atoms with van der Waals surface area (Å²) < 4.78 is 199. The molecule has 8 fully saturated rings. The lowest BCUT2D eigenvalue weighted by molar-refractivity contribution is 0.179. The molecule has 0 amide bonds. The number of piperazine rings is 2. The minimum absolute atomic E-state index is 0.178. The number of rotatable bonds is 23. The molecule has 6 aromatic carbocycles. The lowest BCUT2D eigenvalue weighted by Gasteiger charge is -2.39. The van der Waals surface area contributed by atoms with Gasteiger partial charge in [0.1, 0.15) is 5.82 Å². The lowest BCUT2D eigenvalue weighted by atomic mass is 9.89. The maximum absolute atomic E-state index is 14.5. The third-order valence-electron chi connectivity index (χ3n) is 30.5. The number of para-hydroxylation sites is 2. The van der Waals surface area contributed by atoms with Gasteiger partial charge in [-0.2, -0.15) is 64.0 Å². The SMILES string of the molecule is C[C@H]1CN(S(=O)(=O)c2ccc(N(C)C)cc2)CCCN(CC2CCCCC2)CCCN(S(=O)(=O)N2CCN(c3ccccc3F)CC2)C1.Cc1ccc2c(c1)CCN(S(=O)(=O)N1CCCN(CC3CCCCC3)CCCN(S(=O)(=O)c3ccc(N(C)C)cc3)C[C@H](C)C1)C2.Cc1ccccc1N1CCN(S(=O)(=O)N2CCCN(CC3CCCCC3)CCCN(S(=O)(=O)c3ccc(N(C)C)cc3)C[C@H](C)C2)CC1. The first-order valence-corrected chi connectivity index (χ1v) is 61.5. The van der Waals surface area contributed by atoms with Crippen molar-refractivity contribution in [1.29, 1.82) is 0 Å². The number of anilines is 5. The van der Waals surface area contributed by atoms with Crippen molar-refractivity contribution in [3.8, 4) is 0 Å². The van der Waals surface area contributed by atoms with Crippen LogP contribution in [0.5, 0.6) is 0 Å². The molecule has 142 heavy (non-hydrogen) atoms. The first kappa shape index (κ1) is 113. The summed E-state index contributed by atoms with van der Waals surface area (Å²) in [4.78, 5) is 18.2. The van der Waals surface area contributed by atoms with E-state index in [0.29, 0.717) is 128 Å². The Balaban J connectivity index is 0.000000179. The molecule has 792 valence electrons. The van der Waals surface area contributed by atoms with Gasteiger partial charge in [0, 0.05) is 229 Å². The second-order valence-corrected chi connectivity index (χ2v) is 54.2. The summed E-state index contributed by atoms with van der Waals surface area (Å²) in [5.74, 6) is 1.06. The van der Waals surface area contributed by atoms with Crippen molar-refractivity contribution in [2.75, 3.05) is 263 Å². The van der Waals surface area contributed by atoms with E-state index >= 15 is 0 Å². The van der Waals surface area contributed by atoms with Crippen LogP contribution >= 0.6 is 0 Å². The number of benzene rings is 6. The predicted molar refractivity (Wildman–Crippen MR) is 575 cm³/mol. The second-order valence-electron chi connectivity index (χ2n) is 42.6. The van der Waals surface area contributed by atoms with Gasteiger partial charge in [0.25, 0.3) is 30.6 Å². The highest BCUT2D eigenvalue weighted by Crippen LogP contribution is 2.35. The van der Waals surface area contributed by atoms with E-state index in [1.807, 2.05) is 131 Å². The van der Waals surface area contributed by atoms with Crippen molar-refractivity contribution in [2.24, 2.45) is 35.5 Å². The van der Waals surface area contributed by atoms with Crippen molar-refractivity contribution in [2.45, 2.75) is 197 Å². The summed E-state index contributed by atoms with van der Waals surface area (Å²) >= 11 is 0. The zero-order valence-electron chi connectivity index (χ0n) is 87.0. The number of nitrogens with zero attached hydrogens (tertiary/aromatic N) is 17. The standard InChI is InChI=1S/C36H58N6O4S2.C35H55FN6O4S2.C35H55N5O4S2/c1-31-28-41(47(43,44)35-18-16-34(17-19-35)37(3)4)22-10-20-38(30-33-13-6-5-7-14-33)21-11-23-42(29-31)48(45,46)40-26-24-39(25-27-40)36-15-9-8-12-32(36)2;1-30-27-41(47(43,44)33-17-15-32(16-18-33)37(2)3)21-9-19-38(29-31-11-5-4-6-12-31)20-10-22-42(28-30)48(45,46)40-25-23-39(24-26-40)35-14-8-7-13-34(35)36;1-29-12-13-33-28-40(23-18-32(33)24-29)46(43,44)39-22-9-20-37(27-31-10-6-5-7-11-31)19-8-21-38(25-30(2)26-39)45(41,42)35-16-14-34(15-17-35)36(3)4/h8-9,12,15-19,31,33H,5-7,10-11,13-14,20-30H2,1-4H3;7-8,13-18,30-31H,4-6,9-12,19-29H2,1-3H3;12-17,24,30-31H,5-11,18-23,25-28H2,1-4H3/t31-;2*30-/m000/s1. The Hall–Kier alpha value is -6.53. The normalized spacial score (nSPS) is 23.0. The summed E-state index contributed by atoms with van der Waals surface area (Å²) in [6.45, 7) is 26.2. The average molecular weight is 2080 g/mol. The van der Waals surface area contributed by atoms with Gasteiger partial charge in [0.15, 0.2) is 0 Å². The molecule has 6 heterocycles. The van der Waals surface area contributed by atoms with E-state index in [0.717, 1.165) is 119 Å². The van der Waals surface area contributed by atoms with Gasteiger partial charge >= 0.3 is 0 Å². The first-order chi connectivity index (χ1) is 67.8. The monoisotopic (exact) mass is 2080 g/mol. The van der Waals surface area contributed by atoms with Gasteiger partial charge in [0.05, 0.1) is 20.4 Å². The molecule has 3 aliphatic carbocycles. The smallest absolute Gasteiger partial charge is 0.282 e. The van der Waals surface area contributed by atoms with Crippen LogP contribution in [0.1, 0.15) is 178 Å². The Morgan fingerprint density at radius 3 is 0.908 bits per heavy atom. The summed E-state index contributed by atoms with van der Waals surface area (Å²) in [7, 11) is -11.1. The lowest BCUT2D eigenvalue weighted by Crippen LogP contribution is -2.54. The number of aryl methyl sites for hydroxylation is 2. The van der Waals surface area contributed by atoms with Gasteiger partial charge < -0.3 is 39.2 Å². The Bertz CT molecular complexity index is 5420. The summed E-state index contributed by atoms with van der Waals surface area (Å²) in [5.41, 5.74) is 9.13. The van der Waals surface area contributed by atoms with E-state index in [4.69, 9.17) is 0 Å². The molecule has 0 spiro atoms. The maximum atomic E-state index is 14.5. The fraction of sp³-hybridized carbons (Fsp3) is 0.660. The molecule has 15 rings (SSSR count). The molecule has 36 heteroatoms. The van der Waals surface area contributed by atoms with Crippen molar-refractivity contribution >= 4 is 89.1 Å². The van der Waals surface area contributed by atoms with Gasteiger partial charge in [-0.3, -0.25) is 0 Å². The first-order valence-electron chi connectivity index (χ1n) is 53.0. The maximum Gasteiger partial charge on any atom is 0.282 e. The van der Waals surface area contributed by atoms with Crippen molar-refractivity contribution in [3.05, 3.63) is 168 Å². The minimum atomic E-state index is -3.83. The van der Waals surface area contributed by atoms with E-state index in [-0.39, 0.29) is 90.6 Å². The van der Waals surface area contributed by atoms with Crippen molar-refractivity contribution in [1.82, 2.24) is 53.4 Å². The minimum Gasteiger partial charge on any atom is -0.378 e. The fourth-order valence-electron chi connectivity index (χ4n) is 22.5. The quantitative estimate of drug-likeness (QED) is 0.0577. The third kappa shape index (κ3) is 30.9. The van der Waals surface area contributed by atoms with Crippen LogP contribution in [0.3, 0.4) is 0 Å². The highest BCUT2D eigenvalue weighted by atomic mass is 32.2. The molecule has 3 saturated carbocycles. The highest BCUT2D eigenvalue weighted by Gasteiger charge is 2.41. The van der Waals surface area contributed by atoms with Crippen LogP contribution in [-0.4, -0.2) is 343 Å². The van der Waals surface area contributed by atoms with Crippen LogP contribution in [0.2, 0.25) is 0 Å². The fourth-order valence-corrected chi connectivity index (χ4v) is 32.5. The van der Waals surface area contributed by atoms with Gasteiger partial charge in [-0.1, -0.05) is 133 Å². The van der Waals surface area contributed by atoms with E-state index in [1.54, 1.807) is 89.0 Å². The average Bonchev–Trinajstić information content (AvgIpc) is 0.776. The zero-order chi connectivity index (χ0) is 102. The number of hydrogen-bond donors (Lipinski definition) is 0. The van der Waals surface area contributed by atoms with Crippen LogP contribution in [0.4, 0.5) is 32.8 Å². The molecular weight excluding hydrogens is 1910 g/mol. The van der Waals surface area contributed by atoms with Crippen LogP contribution in [-0.2, 0) is 73.7 Å². The van der Waals surface area contributed by atoms with Gasteiger partial charge in [-0.25, -0.2) is 29.6 Å². The molecule has 29 nitrogen and oxygen atoms in total. The summed E-state index contributed by atoms with van der Waals surface area (Å²) in [6.07, 6.45) is 24.1. The van der Waals surface area contributed by atoms with E-state index in [2.05, 4.69) is 63.8 Å². The van der Waals surface area contributed by atoms with E-state index in [9.17, 15) is 54.9 Å².